The third-order valence-electron chi connectivity index (χ3n) is 8.60. The van der Waals surface area contributed by atoms with E-state index in [4.69, 9.17) is 0 Å². The smallest absolute Gasteiger partial charge is 0.122 e. The van der Waals surface area contributed by atoms with E-state index in [9.17, 15) is 10.2 Å². The fourth-order valence-corrected chi connectivity index (χ4v) is 5.48. The lowest BCUT2D eigenvalue weighted by Crippen LogP contribution is -2.22. The molecule has 0 saturated carbocycles. The molecular formula is C36H50O2. The highest BCUT2D eigenvalue weighted by molar-refractivity contribution is 5.53. The van der Waals surface area contributed by atoms with Crippen LogP contribution in [0.1, 0.15) is 151 Å². The summed E-state index contributed by atoms with van der Waals surface area (Å²) in [4.78, 5) is 0. The van der Waals surface area contributed by atoms with Crippen molar-refractivity contribution in [1.82, 2.24) is 0 Å². The minimum absolute atomic E-state index is 0.211. The number of hydrogen-bond donors (Lipinski definition) is 2. The quantitative estimate of drug-likeness (QED) is 0.314. The summed E-state index contributed by atoms with van der Waals surface area (Å²) < 4.78 is 0. The molecule has 0 radical (unpaired) electrons. The standard InChI is InChI=1S/C36H50O2/c1-21(2)29-17-27(18-30(22(3)4)33(29)37)35(9,10)25-13-15-26(16-14-25)36(11,12)28-19-31(23(5)6)34(38)32(20-28)24(7)8/h13-24,37-38H,1-12H3. The molecule has 0 aliphatic heterocycles. The molecule has 38 heavy (non-hydrogen) atoms. The van der Waals surface area contributed by atoms with Gasteiger partial charge in [-0.3, -0.25) is 0 Å². The Morgan fingerprint density at radius 1 is 0.421 bits per heavy atom. The largest absolute Gasteiger partial charge is 0.507 e. The van der Waals surface area contributed by atoms with E-state index in [0.717, 1.165) is 22.3 Å². The first-order valence-electron chi connectivity index (χ1n) is 14.4. The van der Waals surface area contributed by atoms with Crippen LogP contribution in [-0.4, -0.2) is 10.2 Å². The minimum atomic E-state index is -0.211. The molecule has 0 fully saturated rings. The molecule has 0 aliphatic rings. The summed E-state index contributed by atoms with van der Waals surface area (Å²) >= 11 is 0. The van der Waals surface area contributed by atoms with Gasteiger partial charge in [-0.2, -0.15) is 0 Å². The highest BCUT2D eigenvalue weighted by atomic mass is 16.3. The number of aromatic hydroxyl groups is 2. The van der Waals surface area contributed by atoms with Gasteiger partial charge >= 0.3 is 0 Å². The SMILES string of the molecule is CC(C)c1cc(C(C)(C)c2ccc(C(C)(C)c3cc(C(C)C)c(O)c(C(C)C)c3)cc2)cc(C(C)C)c1O. The van der Waals surface area contributed by atoms with Crippen molar-refractivity contribution in [3.8, 4) is 11.5 Å². The second-order valence-electron chi connectivity index (χ2n) is 13.5. The molecule has 0 atom stereocenters. The van der Waals surface area contributed by atoms with Crippen molar-refractivity contribution in [3.63, 3.8) is 0 Å². The Kier molecular flexibility index (Phi) is 8.47. The van der Waals surface area contributed by atoms with Gasteiger partial charge in [0.05, 0.1) is 0 Å². The number of rotatable bonds is 8. The van der Waals surface area contributed by atoms with Gasteiger partial charge < -0.3 is 10.2 Å². The van der Waals surface area contributed by atoms with Gasteiger partial charge in [0.15, 0.2) is 0 Å². The molecule has 0 spiro atoms. The zero-order valence-electron chi connectivity index (χ0n) is 25.8. The highest BCUT2D eigenvalue weighted by Gasteiger charge is 2.30. The summed E-state index contributed by atoms with van der Waals surface area (Å²) in [5, 5.41) is 21.9. The van der Waals surface area contributed by atoms with E-state index in [0.29, 0.717) is 11.5 Å². The Morgan fingerprint density at radius 2 is 0.632 bits per heavy atom. The van der Waals surface area contributed by atoms with Gasteiger partial charge in [0.1, 0.15) is 11.5 Å². The fraction of sp³-hybridized carbons (Fsp3) is 0.500. The van der Waals surface area contributed by atoms with Gasteiger partial charge in [-0.05, 0) is 68.2 Å². The van der Waals surface area contributed by atoms with Crippen molar-refractivity contribution >= 4 is 0 Å². The first kappa shape index (κ1) is 29.8. The molecule has 0 bridgehead atoms. The molecule has 2 heteroatoms. The number of benzene rings is 3. The molecule has 3 aromatic carbocycles. The second-order valence-corrected chi connectivity index (χ2v) is 13.5. The predicted molar refractivity (Wildman–Crippen MR) is 163 cm³/mol. The van der Waals surface area contributed by atoms with Gasteiger partial charge in [-0.15, -0.1) is 0 Å². The molecule has 0 aromatic heterocycles. The Bertz CT molecular complexity index is 1110. The maximum Gasteiger partial charge on any atom is 0.122 e. The number of phenolic OH excluding ortho intramolecular Hbond substituents is 2. The topological polar surface area (TPSA) is 40.5 Å². The van der Waals surface area contributed by atoms with Crippen molar-refractivity contribution in [2.24, 2.45) is 0 Å². The van der Waals surface area contributed by atoms with Crippen molar-refractivity contribution in [2.45, 2.75) is 118 Å². The third-order valence-corrected chi connectivity index (χ3v) is 8.60. The molecule has 3 rings (SSSR count). The van der Waals surface area contributed by atoms with Crippen LogP contribution in [0.4, 0.5) is 0 Å². The van der Waals surface area contributed by atoms with Crippen molar-refractivity contribution < 1.29 is 10.2 Å². The van der Waals surface area contributed by atoms with Gasteiger partial charge in [-0.1, -0.05) is 132 Å². The molecule has 2 N–H and O–H groups in total. The van der Waals surface area contributed by atoms with E-state index in [1.54, 1.807) is 0 Å². The molecule has 0 heterocycles. The fourth-order valence-electron chi connectivity index (χ4n) is 5.48. The van der Waals surface area contributed by atoms with Gasteiger partial charge in [0, 0.05) is 10.8 Å². The monoisotopic (exact) mass is 514 g/mol. The van der Waals surface area contributed by atoms with E-state index >= 15 is 0 Å². The van der Waals surface area contributed by atoms with Gasteiger partial charge in [0.25, 0.3) is 0 Å². The molecule has 3 aromatic rings. The molecule has 0 aliphatic carbocycles. The lowest BCUT2D eigenvalue weighted by atomic mass is 9.72. The normalized spacial score (nSPS) is 12.8. The number of phenols is 2. The van der Waals surface area contributed by atoms with Gasteiger partial charge in [0.2, 0.25) is 0 Å². The van der Waals surface area contributed by atoms with E-state index < -0.39 is 0 Å². The number of hydrogen-bond acceptors (Lipinski definition) is 2. The first-order chi connectivity index (χ1) is 17.5. The van der Waals surface area contributed by atoms with Gasteiger partial charge in [-0.25, -0.2) is 0 Å². The average molecular weight is 515 g/mol. The van der Waals surface area contributed by atoms with Crippen molar-refractivity contribution in [3.05, 3.63) is 93.0 Å². The minimum Gasteiger partial charge on any atom is -0.507 e. The Morgan fingerprint density at radius 3 is 0.816 bits per heavy atom. The first-order valence-corrected chi connectivity index (χ1v) is 14.4. The van der Waals surface area contributed by atoms with E-state index in [1.807, 2.05) is 0 Å². The molecule has 2 nitrogen and oxygen atoms in total. The Balaban J connectivity index is 2.08. The van der Waals surface area contributed by atoms with Crippen LogP contribution in [0.2, 0.25) is 0 Å². The van der Waals surface area contributed by atoms with Crippen molar-refractivity contribution in [2.75, 3.05) is 0 Å². The summed E-state index contributed by atoms with van der Waals surface area (Å²) in [5.74, 6) is 1.90. The maximum atomic E-state index is 10.9. The predicted octanol–water partition coefficient (Wildman–Crippen LogP) is 10.2. The third kappa shape index (κ3) is 5.51. The van der Waals surface area contributed by atoms with Crippen LogP contribution in [-0.2, 0) is 10.8 Å². The van der Waals surface area contributed by atoms with Crippen LogP contribution in [0.5, 0.6) is 11.5 Å². The summed E-state index contributed by atoms with van der Waals surface area (Å²) in [6, 6.07) is 17.8. The van der Waals surface area contributed by atoms with Crippen LogP contribution < -0.4 is 0 Å². The van der Waals surface area contributed by atoms with E-state index in [-0.39, 0.29) is 34.5 Å². The molecule has 0 saturated heterocycles. The Hall–Kier alpha value is -2.74. The zero-order chi connectivity index (χ0) is 28.7. The van der Waals surface area contributed by atoms with Crippen LogP contribution in [0.15, 0.2) is 48.5 Å². The summed E-state index contributed by atoms with van der Waals surface area (Å²) in [6.07, 6.45) is 0. The summed E-state index contributed by atoms with van der Waals surface area (Å²) in [7, 11) is 0. The molecule has 0 unspecified atom stereocenters. The molecular weight excluding hydrogens is 464 g/mol. The second kappa shape index (κ2) is 10.8. The zero-order valence-corrected chi connectivity index (χ0v) is 25.8. The van der Waals surface area contributed by atoms with Crippen molar-refractivity contribution in [1.29, 1.82) is 0 Å². The highest BCUT2D eigenvalue weighted by Crippen LogP contribution is 2.43. The molecule has 0 amide bonds. The molecule has 206 valence electrons. The van der Waals surface area contributed by atoms with E-state index in [1.165, 1.54) is 22.3 Å². The average Bonchev–Trinajstić information content (AvgIpc) is 2.83. The maximum absolute atomic E-state index is 10.9. The van der Waals surface area contributed by atoms with Crippen LogP contribution in [0.25, 0.3) is 0 Å². The lowest BCUT2D eigenvalue weighted by Gasteiger charge is -2.32. The van der Waals surface area contributed by atoms with Crippen LogP contribution in [0.3, 0.4) is 0 Å². The Labute approximate surface area is 232 Å². The lowest BCUT2D eigenvalue weighted by molar-refractivity contribution is 0.452. The summed E-state index contributed by atoms with van der Waals surface area (Å²) in [6.45, 7) is 26.3. The van der Waals surface area contributed by atoms with Crippen LogP contribution in [0, 0.1) is 0 Å². The van der Waals surface area contributed by atoms with Crippen LogP contribution >= 0.6 is 0 Å². The summed E-state index contributed by atoms with van der Waals surface area (Å²) in [5.41, 5.74) is 8.63. The van der Waals surface area contributed by atoms with E-state index in [2.05, 4.69) is 132 Å².